The number of hydrogen-bond acceptors (Lipinski definition) is 5. The molecule has 0 aliphatic carbocycles. The van der Waals surface area contributed by atoms with Gasteiger partial charge in [-0.25, -0.2) is 0 Å². The molecule has 7 heteroatoms. The van der Waals surface area contributed by atoms with Crippen molar-refractivity contribution in [1.82, 2.24) is 20.1 Å². The molecule has 5 rings (SSSR count). The van der Waals surface area contributed by atoms with Gasteiger partial charge in [0.1, 0.15) is 6.04 Å². The lowest BCUT2D eigenvalue weighted by molar-refractivity contribution is -0.136. The van der Waals surface area contributed by atoms with Crippen LogP contribution in [-0.4, -0.2) is 51.6 Å². The lowest BCUT2D eigenvalue weighted by Crippen LogP contribution is -2.52. The standard InChI is InChI=1S/C25H28N4O3/c1-16-5-6-17(11-26-16)12-28-13-18(14-28)7-8-19-3-2-4-20-21(19)15-29(25(20)32)22-9-10-23(30)27-24(22)31/h2-6,11,18,22H,7-10,12-15H2,1H3,(H,27,30,31). The van der Waals surface area contributed by atoms with E-state index in [9.17, 15) is 14.4 Å². The Balaban J connectivity index is 1.17. The third-order valence-corrected chi connectivity index (χ3v) is 6.91. The monoisotopic (exact) mass is 432 g/mol. The van der Waals surface area contributed by atoms with Gasteiger partial charge in [-0.1, -0.05) is 18.2 Å². The number of likely N-dealkylation sites (tertiary alicyclic amines) is 1. The summed E-state index contributed by atoms with van der Waals surface area (Å²) in [5.74, 6) is -0.0583. The Hall–Kier alpha value is -3.06. The number of carbonyl (C=O) groups excluding carboxylic acids is 3. The van der Waals surface area contributed by atoms with E-state index in [4.69, 9.17) is 0 Å². The summed E-state index contributed by atoms with van der Waals surface area (Å²) in [5.41, 5.74) is 5.24. The number of rotatable bonds is 6. The minimum atomic E-state index is -0.558. The number of imide groups is 1. The highest BCUT2D eigenvalue weighted by atomic mass is 16.2. The number of hydrogen-bond donors (Lipinski definition) is 1. The highest BCUT2D eigenvalue weighted by Gasteiger charge is 2.39. The third kappa shape index (κ3) is 4.05. The first-order valence-corrected chi connectivity index (χ1v) is 11.4. The SMILES string of the molecule is Cc1ccc(CN2CC(CCc3cccc4c3CN(C3CCC(=O)NC3=O)C4=O)C2)cn1. The maximum atomic E-state index is 13.0. The molecule has 0 saturated carbocycles. The highest BCUT2D eigenvalue weighted by molar-refractivity contribution is 6.05. The fraction of sp³-hybridized carbons (Fsp3) is 0.440. The summed E-state index contributed by atoms with van der Waals surface area (Å²) in [6.45, 7) is 5.57. The topological polar surface area (TPSA) is 82.6 Å². The fourth-order valence-corrected chi connectivity index (χ4v) is 5.08. The zero-order valence-electron chi connectivity index (χ0n) is 18.3. The van der Waals surface area contributed by atoms with Crippen molar-refractivity contribution in [3.8, 4) is 0 Å². The first-order valence-electron chi connectivity index (χ1n) is 11.4. The second kappa shape index (κ2) is 8.47. The van der Waals surface area contributed by atoms with Crippen LogP contribution in [0.4, 0.5) is 0 Å². The predicted molar refractivity (Wildman–Crippen MR) is 119 cm³/mol. The fourth-order valence-electron chi connectivity index (χ4n) is 5.08. The molecule has 3 aliphatic heterocycles. The summed E-state index contributed by atoms with van der Waals surface area (Å²) in [5, 5.41) is 2.37. The summed E-state index contributed by atoms with van der Waals surface area (Å²) < 4.78 is 0. The number of nitrogens with zero attached hydrogens (tertiary/aromatic N) is 3. The van der Waals surface area contributed by atoms with E-state index >= 15 is 0 Å². The first kappa shape index (κ1) is 20.8. The molecule has 2 saturated heterocycles. The van der Waals surface area contributed by atoms with Crippen molar-refractivity contribution in [2.45, 2.75) is 51.7 Å². The van der Waals surface area contributed by atoms with Gasteiger partial charge in [0.25, 0.3) is 5.91 Å². The van der Waals surface area contributed by atoms with E-state index in [2.05, 4.69) is 33.4 Å². The first-order chi connectivity index (χ1) is 15.5. The van der Waals surface area contributed by atoms with E-state index < -0.39 is 6.04 Å². The summed E-state index contributed by atoms with van der Waals surface area (Å²) in [6.07, 6.45) is 4.66. The molecule has 7 nitrogen and oxygen atoms in total. The summed E-state index contributed by atoms with van der Waals surface area (Å²) in [4.78, 5) is 45.2. The Bertz CT molecular complexity index is 1060. The molecule has 1 atom stereocenters. The third-order valence-electron chi connectivity index (χ3n) is 6.91. The van der Waals surface area contributed by atoms with Crippen LogP contribution in [0.3, 0.4) is 0 Å². The van der Waals surface area contributed by atoms with Gasteiger partial charge in [0.15, 0.2) is 0 Å². The van der Waals surface area contributed by atoms with Gasteiger partial charge < -0.3 is 4.90 Å². The van der Waals surface area contributed by atoms with Crippen LogP contribution in [0.5, 0.6) is 0 Å². The highest BCUT2D eigenvalue weighted by Crippen LogP contribution is 2.31. The van der Waals surface area contributed by atoms with E-state index in [1.54, 1.807) is 4.90 Å². The number of aryl methyl sites for hydroxylation is 2. The largest absolute Gasteiger partial charge is 0.322 e. The number of aromatic nitrogens is 1. The molecule has 0 bridgehead atoms. The summed E-state index contributed by atoms with van der Waals surface area (Å²) in [7, 11) is 0. The lowest BCUT2D eigenvalue weighted by atomic mass is 9.90. The normalized spacial score (nSPS) is 21.5. The zero-order chi connectivity index (χ0) is 22.2. The van der Waals surface area contributed by atoms with Crippen LogP contribution in [-0.2, 0) is 29.1 Å². The second-order valence-electron chi connectivity index (χ2n) is 9.25. The molecule has 166 valence electrons. The number of fused-ring (bicyclic) bond motifs is 1. The Labute approximate surface area is 187 Å². The van der Waals surface area contributed by atoms with E-state index in [0.717, 1.165) is 43.7 Å². The van der Waals surface area contributed by atoms with Crippen molar-refractivity contribution in [2.75, 3.05) is 13.1 Å². The smallest absolute Gasteiger partial charge is 0.255 e. The molecule has 3 aliphatic rings. The van der Waals surface area contributed by atoms with E-state index in [1.807, 2.05) is 25.3 Å². The number of carbonyl (C=O) groups is 3. The number of nitrogens with one attached hydrogen (secondary N) is 1. The van der Waals surface area contributed by atoms with Crippen LogP contribution >= 0.6 is 0 Å². The Morgan fingerprint density at radius 3 is 2.72 bits per heavy atom. The van der Waals surface area contributed by atoms with Gasteiger partial charge in [-0.3, -0.25) is 29.6 Å². The van der Waals surface area contributed by atoms with Gasteiger partial charge in [-0.05, 0) is 60.9 Å². The van der Waals surface area contributed by atoms with Crippen LogP contribution < -0.4 is 5.32 Å². The molecule has 2 fully saturated rings. The second-order valence-corrected chi connectivity index (χ2v) is 9.25. The molecule has 2 aromatic rings. The quantitative estimate of drug-likeness (QED) is 0.708. The Morgan fingerprint density at radius 2 is 1.97 bits per heavy atom. The predicted octanol–water partition coefficient (Wildman–Crippen LogP) is 2.22. The number of pyridine rings is 1. The average molecular weight is 433 g/mol. The van der Waals surface area contributed by atoms with Gasteiger partial charge >= 0.3 is 0 Å². The molecule has 32 heavy (non-hydrogen) atoms. The molecule has 1 aromatic heterocycles. The van der Waals surface area contributed by atoms with Crippen LogP contribution in [0.15, 0.2) is 36.5 Å². The van der Waals surface area contributed by atoms with Crippen LogP contribution in [0, 0.1) is 12.8 Å². The van der Waals surface area contributed by atoms with Crippen LogP contribution in [0.2, 0.25) is 0 Å². The van der Waals surface area contributed by atoms with Crippen molar-refractivity contribution in [1.29, 1.82) is 0 Å². The minimum Gasteiger partial charge on any atom is -0.322 e. The van der Waals surface area contributed by atoms with Crippen molar-refractivity contribution >= 4 is 17.7 Å². The van der Waals surface area contributed by atoms with Gasteiger partial charge in [-0.15, -0.1) is 0 Å². The molecule has 0 radical (unpaired) electrons. The van der Waals surface area contributed by atoms with E-state index in [0.29, 0.717) is 24.4 Å². The lowest BCUT2D eigenvalue weighted by Gasteiger charge is -2.39. The Kier molecular flexibility index (Phi) is 5.51. The van der Waals surface area contributed by atoms with E-state index in [-0.39, 0.29) is 24.1 Å². The minimum absolute atomic E-state index is 0.0992. The molecule has 1 unspecified atom stereocenters. The van der Waals surface area contributed by atoms with Crippen LogP contribution in [0.1, 0.15) is 52.0 Å². The molecule has 4 heterocycles. The van der Waals surface area contributed by atoms with Crippen molar-refractivity contribution in [2.24, 2.45) is 5.92 Å². The number of amides is 3. The molecule has 0 spiro atoms. The zero-order valence-corrected chi connectivity index (χ0v) is 18.3. The molecular weight excluding hydrogens is 404 g/mol. The summed E-state index contributed by atoms with van der Waals surface area (Å²) in [6, 6.07) is 9.55. The van der Waals surface area contributed by atoms with Crippen molar-refractivity contribution < 1.29 is 14.4 Å². The molecule has 1 aromatic carbocycles. The molecular formula is C25H28N4O3. The van der Waals surface area contributed by atoms with Crippen molar-refractivity contribution in [3.63, 3.8) is 0 Å². The van der Waals surface area contributed by atoms with Crippen LogP contribution in [0.25, 0.3) is 0 Å². The Morgan fingerprint density at radius 1 is 1.12 bits per heavy atom. The van der Waals surface area contributed by atoms with Crippen molar-refractivity contribution in [3.05, 3.63) is 64.5 Å². The van der Waals surface area contributed by atoms with Gasteiger partial charge in [-0.2, -0.15) is 0 Å². The number of benzene rings is 1. The molecule has 1 N–H and O–H groups in total. The van der Waals surface area contributed by atoms with Gasteiger partial charge in [0.2, 0.25) is 11.8 Å². The molecule has 3 amide bonds. The van der Waals surface area contributed by atoms with E-state index in [1.165, 1.54) is 11.1 Å². The summed E-state index contributed by atoms with van der Waals surface area (Å²) >= 11 is 0. The maximum Gasteiger partial charge on any atom is 0.255 e. The van der Waals surface area contributed by atoms with Gasteiger partial charge in [0.05, 0.1) is 0 Å². The number of piperidine rings is 1. The maximum absolute atomic E-state index is 13.0. The van der Waals surface area contributed by atoms with Gasteiger partial charge in [0, 0.05) is 50.1 Å². The average Bonchev–Trinajstić information content (AvgIpc) is 3.08.